The molecule has 1 atom stereocenters. The summed E-state index contributed by atoms with van der Waals surface area (Å²) in [6, 6.07) is 0.0265. The predicted octanol–water partition coefficient (Wildman–Crippen LogP) is 1.42. The van der Waals surface area contributed by atoms with Gasteiger partial charge >= 0.3 is 0 Å². The Labute approximate surface area is 86.4 Å². The highest BCUT2D eigenvalue weighted by Crippen LogP contribution is 2.23. The van der Waals surface area contributed by atoms with Crippen LogP contribution in [-0.4, -0.2) is 18.5 Å². The summed E-state index contributed by atoms with van der Waals surface area (Å²) in [6.07, 6.45) is 6.56. The Morgan fingerprint density at radius 2 is 2.14 bits per heavy atom. The maximum absolute atomic E-state index is 11.4. The van der Waals surface area contributed by atoms with Crippen molar-refractivity contribution < 1.29 is 4.79 Å². The quantitative estimate of drug-likeness (QED) is 0.702. The van der Waals surface area contributed by atoms with E-state index in [9.17, 15) is 4.79 Å². The number of carbonyl (C=O) groups is 1. The molecule has 1 amide bonds. The normalized spacial score (nSPS) is 19.6. The largest absolute Gasteiger partial charge is 0.356 e. The van der Waals surface area contributed by atoms with E-state index >= 15 is 0 Å². The van der Waals surface area contributed by atoms with E-state index in [0.717, 1.165) is 18.9 Å². The van der Waals surface area contributed by atoms with Gasteiger partial charge in [0.25, 0.3) is 0 Å². The maximum Gasteiger partial charge on any atom is 0.221 e. The van der Waals surface area contributed by atoms with Crippen LogP contribution >= 0.6 is 0 Å². The molecule has 3 heteroatoms. The van der Waals surface area contributed by atoms with Crippen LogP contribution < -0.4 is 11.1 Å². The fourth-order valence-electron chi connectivity index (χ4n) is 1.93. The SMILES string of the molecule is CCC(N)CC(=O)NCC1CCCC1. The van der Waals surface area contributed by atoms with E-state index in [1.165, 1.54) is 25.7 Å². The van der Waals surface area contributed by atoms with Gasteiger partial charge in [-0.1, -0.05) is 19.8 Å². The molecule has 1 saturated carbocycles. The lowest BCUT2D eigenvalue weighted by Gasteiger charge is -2.12. The Balaban J connectivity index is 2.08. The molecule has 1 fully saturated rings. The molecule has 14 heavy (non-hydrogen) atoms. The van der Waals surface area contributed by atoms with E-state index in [1.54, 1.807) is 0 Å². The fourth-order valence-corrected chi connectivity index (χ4v) is 1.93. The Hall–Kier alpha value is -0.570. The standard InChI is InChI=1S/C11H22N2O/c1-2-10(12)7-11(14)13-8-9-5-3-4-6-9/h9-10H,2-8,12H2,1H3,(H,13,14). The first kappa shape index (κ1) is 11.5. The Bertz CT molecular complexity index is 176. The minimum absolute atomic E-state index is 0.0265. The predicted molar refractivity (Wildman–Crippen MR) is 57.9 cm³/mol. The monoisotopic (exact) mass is 198 g/mol. The average molecular weight is 198 g/mol. The molecule has 0 aromatic heterocycles. The second-order valence-corrected chi connectivity index (χ2v) is 4.33. The summed E-state index contributed by atoms with van der Waals surface area (Å²) in [4.78, 5) is 11.4. The molecule has 0 bridgehead atoms. The molecule has 3 nitrogen and oxygen atoms in total. The summed E-state index contributed by atoms with van der Waals surface area (Å²) in [7, 11) is 0. The van der Waals surface area contributed by atoms with Crippen LogP contribution in [0.4, 0.5) is 0 Å². The van der Waals surface area contributed by atoms with E-state index in [0.29, 0.717) is 6.42 Å². The topological polar surface area (TPSA) is 55.1 Å². The van der Waals surface area contributed by atoms with Gasteiger partial charge < -0.3 is 11.1 Å². The van der Waals surface area contributed by atoms with Gasteiger partial charge in [0, 0.05) is 19.0 Å². The van der Waals surface area contributed by atoms with Gasteiger partial charge in [0.15, 0.2) is 0 Å². The van der Waals surface area contributed by atoms with E-state index < -0.39 is 0 Å². The lowest BCUT2D eigenvalue weighted by atomic mass is 10.1. The van der Waals surface area contributed by atoms with Crippen LogP contribution in [0.5, 0.6) is 0 Å². The van der Waals surface area contributed by atoms with Crippen molar-refractivity contribution in [2.45, 2.75) is 51.5 Å². The van der Waals surface area contributed by atoms with Crippen molar-refractivity contribution >= 4 is 5.91 Å². The molecule has 0 radical (unpaired) electrons. The van der Waals surface area contributed by atoms with Gasteiger partial charge in [0.1, 0.15) is 0 Å². The molecule has 1 aliphatic carbocycles. The summed E-state index contributed by atoms with van der Waals surface area (Å²) >= 11 is 0. The molecule has 0 spiro atoms. The average Bonchev–Trinajstić information content (AvgIpc) is 2.67. The van der Waals surface area contributed by atoms with Crippen molar-refractivity contribution in [3.63, 3.8) is 0 Å². The molecule has 1 aliphatic rings. The molecular formula is C11H22N2O. The van der Waals surface area contributed by atoms with Crippen LogP contribution in [-0.2, 0) is 4.79 Å². The van der Waals surface area contributed by atoms with Crippen LogP contribution in [0.3, 0.4) is 0 Å². The van der Waals surface area contributed by atoms with Gasteiger partial charge in [0.2, 0.25) is 5.91 Å². The van der Waals surface area contributed by atoms with Crippen molar-refractivity contribution in [1.82, 2.24) is 5.32 Å². The molecule has 0 heterocycles. The number of hydrogen-bond donors (Lipinski definition) is 2. The first-order valence-corrected chi connectivity index (χ1v) is 5.74. The van der Waals surface area contributed by atoms with Crippen LogP contribution in [0.2, 0.25) is 0 Å². The number of carbonyl (C=O) groups excluding carboxylic acids is 1. The smallest absolute Gasteiger partial charge is 0.221 e. The van der Waals surface area contributed by atoms with Crippen molar-refractivity contribution in [2.24, 2.45) is 11.7 Å². The van der Waals surface area contributed by atoms with Gasteiger partial charge in [-0.2, -0.15) is 0 Å². The molecule has 0 saturated heterocycles. The van der Waals surface area contributed by atoms with Crippen molar-refractivity contribution in [2.75, 3.05) is 6.54 Å². The zero-order chi connectivity index (χ0) is 10.4. The summed E-state index contributed by atoms with van der Waals surface area (Å²) < 4.78 is 0. The van der Waals surface area contributed by atoms with Gasteiger partial charge in [-0.15, -0.1) is 0 Å². The van der Waals surface area contributed by atoms with E-state index in [2.05, 4.69) is 5.32 Å². The van der Waals surface area contributed by atoms with Crippen molar-refractivity contribution in [3.05, 3.63) is 0 Å². The number of amides is 1. The molecule has 82 valence electrons. The van der Waals surface area contributed by atoms with E-state index in [-0.39, 0.29) is 11.9 Å². The first-order valence-electron chi connectivity index (χ1n) is 5.74. The number of rotatable bonds is 5. The first-order chi connectivity index (χ1) is 6.72. The minimum atomic E-state index is 0.0265. The maximum atomic E-state index is 11.4. The Morgan fingerprint density at radius 3 is 2.71 bits per heavy atom. The van der Waals surface area contributed by atoms with Gasteiger partial charge in [-0.25, -0.2) is 0 Å². The summed E-state index contributed by atoms with van der Waals surface area (Å²) in [5, 5.41) is 2.97. The second kappa shape index (κ2) is 6.02. The molecule has 0 aliphatic heterocycles. The number of nitrogens with two attached hydrogens (primary N) is 1. The molecule has 1 unspecified atom stereocenters. The third-order valence-corrected chi connectivity index (χ3v) is 3.03. The van der Waals surface area contributed by atoms with Crippen molar-refractivity contribution in [3.8, 4) is 0 Å². The van der Waals surface area contributed by atoms with Crippen LogP contribution in [0.15, 0.2) is 0 Å². The van der Waals surface area contributed by atoms with Gasteiger partial charge in [0.05, 0.1) is 0 Å². The lowest BCUT2D eigenvalue weighted by molar-refractivity contribution is -0.121. The Kier molecular flexibility index (Phi) is 4.94. The fraction of sp³-hybridized carbons (Fsp3) is 0.909. The van der Waals surface area contributed by atoms with Gasteiger partial charge in [-0.05, 0) is 25.2 Å². The van der Waals surface area contributed by atoms with Crippen LogP contribution in [0.25, 0.3) is 0 Å². The zero-order valence-corrected chi connectivity index (χ0v) is 9.09. The zero-order valence-electron chi connectivity index (χ0n) is 9.09. The molecule has 1 rings (SSSR count). The number of nitrogens with one attached hydrogen (secondary N) is 1. The van der Waals surface area contributed by atoms with Crippen LogP contribution in [0, 0.1) is 5.92 Å². The highest BCUT2D eigenvalue weighted by molar-refractivity contribution is 5.76. The molecule has 3 N–H and O–H groups in total. The molecule has 0 aromatic carbocycles. The van der Waals surface area contributed by atoms with Gasteiger partial charge in [-0.3, -0.25) is 4.79 Å². The van der Waals surface area contributed by atoms with Crippen molar-refractivity contribution in [1.29, 1.82) is 0 Å². The molecule has 0 aromatic rings. The number of hydrogen-bond acceptors (Lipinski definition) is 2. The van der Waals surface area contributed by atoms with Crippen LogP contribution in [0.1, 0.15) is 45.4 Å². The molecular weight excluding hydrogens is 176 g/mol. The lowest BCUT2D eigenvalue weighted by Crippen LogP contribution is -2.33. The highest BCUT2D eigenvalue weighted by atomic mass is 16.1. The van der Waals surface area contributed by atoms with E-state index in [4.69, 9.17) is 5.73 Å². The summed E-state index contributed by atoms with van der Waals surface area (Å²) in [6.45, 7) is 2.87. The van der Waals surface area contributed by atoms with E-state index in [1.807, 2.05) is 6.92 Å². The minimum Gasteiger partial charge on any atom is -0.356 e. The summed E-state index contributed by atoms with van der Waals surface area (Å²) in [5.41, 5.74) is 5.70. The Morgan fingerprint density at radius 1 is 1.50 bits per heavy atom. The highest BCUT2D eigenvalue weighted by Gasteiger charge is 2.16. The third kappa shape index (κ3) is 4.09. The second-order valence-electron chi connectivity index (χ2n) is 4.33. The third-order valence-electron chi connectivity index (χ3n) is 3.03. The summed E-state index contributed by atoms with van der Waals surface area (Å²) in [5.74, 6) is 0.836.